The number of hydrogen-bond acceptors (Lipinski definition) is 5. The van der Waals surface area contributed by atoms with Gasteiger partial charge in [0.2, 0.25) is 5.89 Å². The fourth-order valence-corrected chi connectivity index (χ4v) is 2.59. The zero-order valence-electron chi connectivity index (χ0n) is 13.8. The number of nitrogens with one attached hydrogen (secondary N) is 1. The molecule has 1 N–H and O–H groups in total. The van der Waals surface area contributed by atoms with Crippen LogP contribution in [0.4, 0.5) is 10.1 Å². The summed E-state index contributed by atoms with van der Waals surface area (Å²) in [6.07, 6.45) is 3.29. The minimum Gasteiger partial charge on any atom is -0.436 e. The molecule has 0 unspecified atom stereocenters. The van der Waals surface area contributed by atoms with E-state index in [1.165, 1.54) is 12.1 Å². The number of anilines is 1. The SMILES string of the molecule is N#Cc1ccc(C(=O)Nc2ccc3oc(-c4cccnc4)nc3c2)c(F)c1. The van der Waals surface area contributed by atoms with Crippen LogP contribution in [-0.2, 0) is 0 Å². The van der Waals surface area contributed by atoms with E-state index in [0.29, 0.717) is 22.7 Å². The lowest BCUT2D eigenvalue weighted by molar-refractivity contribution is 0.102. The predicted molar refractivity (Wildman–Crippen MR) is 96.3 cm³/mol. The van der Waals surface area contributed by atoms with Gasteiger partial charge in [0.25, 0.3) is 5.91 Å². The largest absolute Gasteiger partial charge is 0.436 e. The number of fused-ring (bicyclic) bond motifs is 1. The van der Waals surface area contributed by atoms with Gasteiger partial charge in [0.15, 0.2) is 5.58 Å². The van der Waals surface area contributed by atoms with Crippen molar-refractivity contribution in [1.82, 2.24) is 9.97 Å². The summed E-state index contributed by atoms with van der Waals surface area (Å²) in [7, 11) is 0. The number of halogens is 1. The lowest BCUT2D eigenvalue weighted by Gasteiger charge is -2.06. The van der Waals surface area contributed by atoms with Crippen LogP contribution in [0, 0.1) is 17.1 Å². The molecule has 0 saturated carbocycles. The Bertz CT molecular complexity index is 1200. The number of nitriles is 1. The van der Waals surface area contributed by atoms with E-state index >= 15 is 0 Å². The number of aromatic nitrogens is 2. The molecule has 0 aliphatic carbocycles. The molecule has 2 heterocycles. The second-order valence-corrected chi connectivity index (χ2v) is 5.70. The van der Waals surface area contributed by atoms with E-state index in [9.17, 15) is 9.18 Å². The highest BCUT2D eigenvalue weighted by Crippen LogP contribution is 2.26. The van der Waals surface area contributed by atoms with Crippen LogP contribution in [0.5, 0.6) is 0 Å². The summed E-state index contributed by atoms with van der Waals surface area (Å²) in [5, 5.41) is 11.4. The van der Waals surface area contributed by atoms with E-state index < -0.39 is 11.7 Å². The number of amides is 1. The minimum atomic E-state index is -0.757. The minimum absolute atomic E-state index is 0.148. The number of pyridine rings is 1. The molecule has 2 aromatic carbocycles. The summed E-state index contributed by atoms with van der Waals surface area (Å²) in [5.74, 6) is -0.958. The quantitative estimate of drug-likeness (QED) is 0.594. The molecule has 4 rings (SSSR count). The Labute approximate surface area is 152 Å². The van der Waals surface area contributed by atoms with Crippen molar-refractivity contribution in [2.24, 2.45) is 0 Å². The van der Waals surface area contributed by atoms with Crippen molar-refractivity contribution in [3.8, 4) is 17.5 Å². The van der Waals surface area contributed by atoms with Crippen LogP contribution in [0.25, 0.3) is 22.6 Å². The topological polar surface area (TPSA) is 91.8 Å². The zero-order valence-corrected chi connectivity index (χ0v) is 13.8. The van der Waals surface area contributed by atoms with Crippen LogP contribution < -0.4 is 5.32 Å². The molecule has 0 saturated heterocycles. The van der Waals surface area contributed by atoms with Gasteiger partial charge in [-0.3, -0.25) is 9.78 Å². The molecule has 0 aliphatic rings. The van der Waals surface area contributed by atoms with Crippen LogP contribution in [0.15, 0.2) is 65.3 Å². The Kier molecular flexibility index (Phi) is 4.07. The predicted octanol–water partition coefficient (Wildman–Crippen LogP) is 4.15. The Morgan fingerprint density at radius 3 is 2.81 bits per heavy atom. The van der Waals surface area contributed by atoms with E-state index in [1.807, 2.05) is 12.1 Å². The number of carbonyl (C=O) groups excluding carboxylic acids is 1. The average molecular weight is 358 g/mol. The summed E-state index contributed by atoms with van der Waals surface area (Å²) >= 11 is 0. The van der Waals surface area contributed by atoms with Gasteiger partial charge >= 0.3 is 0 Å². The number of nitrogens with zero attached hydrogens (tertiary/aromatic N) is 3. The molecule has 7 heteroatoms. The van der Waals surface area contributed by atoms with Crippen molar-refractivity contribution < 1.29 is 13.6 Å². The summed E-state index contributed by atoms with van der Waals surface area (Å²) in [5.41, 5.74) is 2.28. The first kappa shape index (κ1) is 16.4. The molecule has 0 atom stereocenters. The van der Waals surface area contributed by atoms with Crippen LogP contribution in [0.2, 0.25) is 0 Å². The standard InChI is InChI=1S/C20H11FN4O2/c21-16-8-12(10-22)3-5-15(16)19(26)24-14-4-6-18-17(9-14)25-20(27-18)13-2-1-7-23-11-13/h1-9,11H,(H,24,26). The molecule has 2 aromatic heterocycles. The maximum absolute atomic E-state index is 14.0. The maximum atomic E-state index is 14.0. The van der Waals surface area contributed by atoms with Crippen LogP contribution in [0.3, 0.4) is 0 Å². The number of oxazole rings is 1. The fourth-order valence-electron chi connectivity index (χ4n) is 2.59. The van der Waals surface area contributed by atoms with Gasteiger partial charge in [-0.2, -0.15) is 5.26 Å². The first-order valence-electron chi connectivity index (χ1n) is 7.96. The summed E-state index contributed by atoms with van der Waals surface area (Å²) in [6, 6.07) is 14.1. The van der Waals surface area contributed by atoms with E-state index in [4.69, 9.17) is 9.68 Å². The Balaban J connectivity index is 1.61. The second-order valence-electron chi connectivity index (χ2n) is 5.70. The maximum Gasteiger partial charge on any atom is 0.258 e. The lowest BCUT2D eigenvalue weighted by Crippen LogP contribution is -2.13. The van der Waals surface area contributed by atoms with E-state index in [1.54, 1.807) is 36.7 Å². The normalized spacial score (nSPS) is 10.5. The molecule has 130 valence electrons. The third-order valence-electron chi connectivity index (χ3n) is 3.90. The molecular formula is C20H11FN4O2. The van der Waals surface area contributed by atoms with Gasteiger partial charge in [-0.1, -0.05) is 0 Å². The Morgan fingerprint density at radius 1 is 1.19 bits per heavy atom. The highest BCUT2D eigenvalue weighted by Gasteiger charge is 2.14. The molecule has 0 aliphatic heterocycles. The summed E-state index contributed by atoms with van der Waals surface area (Å²) in [4.78, 5) is 20.7. The lowest BCUT2D eigenvalue weighted by atomic mass is 10.1. The van der Waals surface area contributed by atoms with Crippen LogP contribution in [-0.4, -0.2) is 15.9 Å². The zero-order chi connectivity index (χ0) is 18.8. The number of benzene rings is 2. The smallest absolute Gasteiger partial charge is 0.258 e. The molecule has 0 fully saturated rings. The molecule has 1 amide bonds. The molecule has 0 spiro atoms. The van der Waals surface area contributed by atoms with E-state index in [2.05, 4.69) is 15.3 Å². The van der Waals surface area contributed by atoms with Gasteiger partial charge < -0.3 is 9.73 Å². The Morgan fingerprint density at radius 2 is 2.07 bits per heavy atom. The summed E-state index contributed by atoms with van der Waals surface area (Å²) in [6.45, 7) is 0. The van der Waals surface area contributed by atoms with Crippen molar-refractivity contribution in [2.45, 2.75) is 0 Å². The fraction of sp³-hybridized carbons (Fsp3) is 0. The van der Waals surface area contributed by atoms with Crippen molar-refractivity contribution in [1.29, 1.82) is 5.26 Å². The Hall–Kier alpha value is -4.05. The van der Waals surface area contributed by atoms with Crippen molar-refractivity contribution in [3.05, 3.63) is 77.9 Å². The van der Waals surface area contributed by atoms with Gasteiger partial charge in [0.1, 0.15) is 11.3 Å². The van der Waals surface area contributed by atoms with Crippen LogP contribution >= 0.6 is 0 Å². The van der Waals surface area contributed by atoms with Gasteiger partial charge in [-0.05, 0) is 48.5 Å². The monoisotopic (exact) mass is 358 g/mol. The van der Waals surface area contributed by atoms with Crippen LogP contribution in [0.1, 0.15) is 15.9 Å². The van der Waals surface area contributed by atoms with Gasteiger partial charge in [0.05, 0.1) is 22.8 Å². The average Bonchev–Trinajstić information content (AvgIpc) is 3.12. The molecule has 4 aromatic rings. The number of rotatable bonds is 3. The highest BCUT2D eigenvalue weighted by molar-refractivity contribution is 6.05. The van der Waals surface area contributed by atoms with Gasteiger partial charge in [-0.25, -0.2) is 9.37 Å². The van der Waals surface area contributed by atoms with E-state index in [0.717, 1.165) is 11.6 Å². The molecule has 0 bridgehead atoms. The molecule has 6 nitrogen and oxygen atoms in total. The summed E-state index contributed by atoms with van der Waals surface area (Å²) < 4.78 is 19.7. The molecular weight excluding hydrogens is 347 g/mol. The van der Waals surface area contributed by atoms with Crippen molar-refractivity contribution in [2.75, 3.05) is 5.32 Å². The molecule has 0 radical (unpaired) electrons. The number of carbonyl (C=O) groups is 1. The third-order valence-corrected chi connectivity index (χ3v) is 3.90. The highest BCUT2D eigenvalue weighted by atomic mass is 19.1. The van der Waals surface area contributed by atoms with Gasteiger partial charge in [-0.15, -0.1) is 0 Å². The number of hydrogen-bond donors (Lipinski definition) is 1. The van der Waals surface area contributed by atoms with Gasteiger partial charge in [0, 0.05) is 18.1 Å². The first-order valence-corrected chi connectivity index (χ1v) is 7.96. The second kappa shape index (κ2) is 6.69. The van der Waals surface area contributed by atoms with Crippen molar-refractivity contribution >= 4 is 22.7 Å². The van der Waals surface area contributed by atoms with Crippen molar-refractivity contribution in [3.63, 3.8) is 0 Å². The first-order chi connectivity index (χ1) is 13.1. The third kappa shape index (κ3) is 3.24. The van der Waals surface area contributed by atoms with E-state index in [-0.39, 0.29) is 11.1 Å². The molecule has 27 heavy (non-hydrogen) atoms.